The van der Waals surface area contributed by atoms with Gasteiger partial charge in [-0.3, -0.25) is 0 Å². The predicted molar refractivity (Wildman–Crippen MR) is 77.8 cm³/mol. The minimum Gasteiger partial charge on any atom is -0.313 e. The molecule has 1 fully saturated rings. The average Bonchev–Trinajstić information content (AvgIpc) is 3.19. The van der Waals surface area contributed by atoms with Crippen LogP contribution in [0.5, 0.6) is 0 Å². The van der Waals surface area contributed by atoms with E-state index in [2.05, 4.69) is 12.2 Å². The summed E-state index contributed by atoms with van der Waals surface area (Å²) in [7, 11) is 0. The minimum atomic E-state index is -0.0541. The summed E-state index contributed by atoms with van der Waals surface area (Å²) < 4.78 is 13.9. The summed E-state index contributed by atoms with van der Waals surface area (Å²) in [5.41, 5.74) is 0.877. The Hall–Kier alpha value is -0.540. The van der Waals surface area contributed by atoms with Crippen molar-refractivity contribution in [3.63, 3.8) is 0 Å². The van der Waals surface area contributed by atoms with Gasteiger partial charge in [0, 0.05) is 18.5 Å². The fraction of sp³-hybridized carbons (Fsp3) is 0.600. The van der Waals surface area contributed by atoms with E-state index in [1.807, 2.05) is 23.9 Å². The van der Waals surface area contributed by atoms with Crippen molar-refractivity contribution in [2.75, 3.05) is 18.1 Å². The van der Waals surface area contributed by atoms with E-state index in [0.717, 1.165) is 30.0 Å². The SMILES string of the molecule is CCSCCC(CNC1CC1)c1ccccc1F. The molecule has 1 N–H and O–H groups in total. The first-order valence-electron chi connectivity index (χ1n) is 6.86. The van der Waals surface area contributed by atoms with E-state index in [9.17, 15) is 4.39 Å². The Morgan fingerprint density at radius 3 is 2.83 bits per heavy atom. The van der Waals surface area contributed by atoms with Crippen LogP contribution < -0.4 is 5.32 Å². The molecule has 3 heteroatoms. The van der Waals surface area contributed by atoms with Gasteiger partial charge in [0.25, 0.3) is 0 Å². The molecule has 1 aliphatic carbocycles. The molecule has 0 aromatic heterocycles. The van der Waals surface area contributed by atoms with Gasteiger partial charge in [0.15, 0.2) is 0 Å². The maximum absolute atomic E-state index is 13.9. The lowest BCUT2D eigenvalue weighted by Gasteiger charge is -2.18. The molecule has 0 spiro atoms. The van der Waals surface area contributed by atoms with Gasteiger partial charge in [-0.15, -0.1) is 0 Å². The number of nitrogens with one attached hydrogen (secondary N) is 1. The van der Waals surface area contributed by atoms with Gasteiger partial charge in [0.05, 0.1) is 0 Å². The van der Waals surface area contributed by atoms with Gasteiger partial charge >= 0.3 is 0 Å². The van der Waals surface area contributed by atoms with Crippen molar-refractivity contribution < 1.29 is 4.39 Å². The lowest BCUT2D eigenvalue weighted by atomic mass is 9.96. The summed E-state index contributed by atoms with van der Waals surface area (Å²) >= 11 is 1.94. The van der Waals surface area contributed by atoms with Gasteiger partial charge in [-0.25, -0.2) is 4.39 Å². The van der Waals surface area contributed by atoms with Crippen molar-refractivity contribution in [1.29, 1.82) is 0 Å². The summed E-state index contributed by atoms with van der Waals surface area (Å²) in [6, 6.07) is 7.91. The first kappa shape index (κ1) is 13.9. The van der Waals surface area contributed by atoms with E-state index >= 15 is 0 Å². The van der Waals surface area contributed by atoms with Crippen LogP contribution in [-0.4, -0.2) is 24.1 Å². The molecule has 1 unspecified atom stereocenters. The third-order valence-corrected chi connectivity index (χ3v) is 4.32. The standard InChI is InChI=1S/C15H22FNS/c1-2-18-10-9-12(11-17-13-7-8-13)14-5-3-4-6-15(14)16/h3-6,12-13,17H,2,7-11H2,1H3. The van der Waals surface area contributed by atoms with Gasteiger partial charge in [0.1, 0.15) is 5.82 Å². The van der Waals surface area contributed by atoms with Crippen molar-refractivity contribution in [2.45, 2.75) is 38.1 Å². The molecule has 0 bridgehead atoms. The number of halogens is 1. The zero-order chi connectivity index (χ0) is 12.8. The van der Waals surface area contributed by atoms with Crippen LogP contribution in [0.15, 0.2) is 24.3 Å². The second-order valence-corrected chi connectivity index (χ2v) is 6.28. The summed E-state index contributed by atoms with van der Waals surface area (Å²) in [5, 5.41) is 3.53. The third-order valence-electron chi connectivity index (χ3n) is 3.39. The molecule has 1 atom stereocenters. The fourth-order valence-electron chi connectivity index (χ4n) is 2.14. The Labute approximate surface area is 114 Å². The highest BCUT2D eigenvalue weighted by atomic mass is 32.2. The lowest BCUT2D eigenvalue weighted by molar-refractivity contribution is 0.531. The van der Waals surface area contributed by atoms with E-state index < -0.39 is 0 Å². The Bertz CT molecular complexity index is 365. The predicted octanol–water partition coefficient (Wildman–Crippen LogP) is 3.80. The molecule has 1 aromatic rings. The smallest absolute Gasteiger partial charge is 0.126 e. The number of hydrogen-bond donors (Lipinski definition) is 1. The van der Waals surface area contributed by atoms with Crippen molar-refractivity contribution >= 4 is 11.8 Å². The molecular formula is C15H22FNS. The summed E-state index contributed by atoms with van der Waals surface area (Å²) in [4.78, 5) is 0. The van der Waals surface area contributed by atoms with Crippen LogP contribution in [0.2, 0.25) is 0 Å². The molecule has 0 aliphatic heterocycles. The molecule has 1 aliphatic rings. The van der Waals surface area contributed by atoms with Gasteiger partial charge in [-0.2, -0.15) is 11.8 Å². The Morgan fingerprint density at radius 1 is 1.39 bits per heavy atom. The van der Waals surface area contributed by atoms with Crippen LogP contribution in [-0.2, 0) is 0 Å². The van der Waals surface area contributed by atoms with Crippen LogP contribution in [0.3, 0.4) is 0 Å². The van der Waals surface area contributed by atoms with Crippen molar-refractivity contribution in [1.82, 2.24) is 5.32 Å². The van der Waals surface area contributed by atoms with Crippen LogP contribution >= 0.6 is 11.8 Å². The fourth-order valence-corrected chi connectivity index (χ4v) is 2.88. The second kappa shape index (κ2) is 7.15. The molecule has 0 radical (unpaired) electrons. The minimum absolute atomic E-state index is 0.0541. The first-order valence-corrected chi connectivity index (χ1v) is 8.02. The van der Waals surface area contributed by atoms with E-state index in [1.54, 1.807) is 12.1 Å². The highest BCUT2D eigenvalue weighted by molar-refractivity contribution is 7.99. The van der Waals surface area contributed by atoms with Crippen LogP contribution in [0.25, 0.3) is 0 Å². The zero-order valence-electron chi connectivity index (χ0n) is 11.0. The van der Waals surface area contributed by atoms with E-state index in [-0.39, 0.29) is 5.82 Å². The lowest BCUT2D eigenvalue weighted by Crippen LogP contribution is -2.24. The van der Waals surface area contributed by atoms with Crippen LogP contribution in [0, 0.1) is 5.82 Å². The molecule has 18 heavy (non-hydrogen) atoms. The summed E-state index contributed by atoms with van der Waals surface area (Å²) in [6.45, 7) is 3.08. The summed E-state index contributed by atoms with van der Waals surface area (Å²) in [6.07, 6.45) is 3.63. The van der Waals surface area contributed by atoms with Gasteiger partial charge in [-0.1, -0.05) is 25.1 Å². The molecule has 1 aromatic carbocycles. The topological polar surface area (TPSA) is 12.0 Å². The zero-order valence-corrected chi connectivity index (χ0v) is 11.8. The summed E-state index contributed by atoms with van der Waals surface area (Å²) in [5.74, 6) is 2.51. The number of benzene rings is 1. The Morgan fingerprint density at radius 2 is 2.17 bits per heavy atom. The average molecular weight is 267 g/mol. The Balaban J connectivity index is 1.95. The Kier molecular flexibility index (Phi) is 5.51. The molecule has 0 saturated heterocycles. The van der Waals surface area contributed by atoms with Crippen molar-refractivity contribution in [3.05, 3.63) is 35.6 Å². The van der Waals surface area contributed by atoms with E-state index in [1.165, 1.54) is 12.8 Å². The quantitative estimate of drug-likeness (QED) is 0.719. The number of thioether (sulfide) groups is 1. The number of hydrogen-bond acceptors (Lipinski definition) is 2. The maximum Gasteiger partial charge on any atom is 0.126 e. The molecule has 1 saturated carbocycles. The monoisotopic (exact) mass is 267 g/mol. The number of rotatable bonds is 8. The largest absolute Gasteiger partial charge is 0.313 e. The van der Waals surface area contributed by atoms with Crippen LogP contribution in [0.1, 0.15) is 37.7 Å². The highest BCUT2D eigenvalue weighted by Crippen LogP contribution is 2.26. The van der Waals surface area contributed by atoms with Crippen molar-refractivity contribution in [3.8, 4) is 0 Å². The second-order valence-electron chi connectivity index (χ2n) is 4.89. The van der Waals surface area contributed by atoms with Crippen LogP contribution in [0.4, 0.5) is 4.39 Å². The van der Waals surface area contributed by atoms with Gasteiger partial charge in [0.2, 0.25) is 0 Å². The van der Waals surface area contributed by atoms with E-state index in [4.69, 9.17) is 0 Å². The molecule has 1 nitrogen and oxygen atoms in total. The third kappa shape index (κ3) is 4.29. The van der Waals surface area contributed by atoms with Gasteiger partial charge in [-0.05, 0) is 42.4 Å². The maximum atomic E-state index is 13.9. The highest BCUT2D eigenvalue weighted by Gasteiger charge is 2.23. The molecular weight excluding hydrogens is 245 g/mol. The first-order chi connectivity index (χ1) is 8.81. The molecule has 100 valence electrons. The van der Waals surface area contributed by atoms with E-state index in [0.29, 0.717) is 12.0 Å². The normalized spacial score (nSPS) is 16.8. The van der Waals surface area contributed by atoms with Crippen molar-refractivity contribution in [2.24, 2.45) is 0 Å². The molecule has 0 heterocycles. The molecule has 2 rings (SSSR count). The van der Waals surface area contributed by atoms with Gasteiger partial charge < -0.3 is 5.32 Å². The molecule has 0 amide bonds.